The van der Waals surface area contributed by atoms with Gasteiger partial charge in [-0.25, -0.2) is 8.78 Å². The Kier molecular flexibility index (Phi) is 4.95. The Bertz CT molecular complexity index is 972. The smallest absolute Gasteiger partial charge is 0.251 e. The van der Waals surface area contributed by atoms with E-state index in [1.807, 2.05) is 48.2 Å². The van der Waals surface area contributed by atoms with Gasteiger partial charge in [-0.2, -0.15) is 0 Å². The molecule has 1 aliphatic rings. The summed E-state index contributed by atoms with van der Waals surface area (Å²) >= 11 is 3.52. The standard InChI is InChI=1S/C21H21BrF2N2O/c1-12-9-15-14-5-3-4-6-17(14)25-20(15)21(26(12)11-19(23)24)16-10-13(22)7-8-18(16)27-2/h3-8,10,12,19,21,25H,9,11H2,1-2H3/t12-,21-/m1/s1. The van der Waals surface area contributed by atoms with E-state index in [1.165, 1.54) is 5.56 Å². The number of methoxy groups -OCH3 is 1. The highest BCUT2D eigenvalue weighted by Crippen LogP contribution is 2.44. The van der Waals surface area contributed by atoms with Gasteiger partial charge in [-0.05, 0) is 43.2 Å². The molecule has 0 unspecified atom stereocenters. The molecular weight excluding hydrogens is 414 g/mol. The minimum Gasteiger partial charge on any atom is -0.496 e. The highest BCUT2D eigenvalue weighted by atomic mass is 79.9. The molecule has 0 fully saturated rings. The van der Waals surface area contributed by atoms with Crippen LogP contribution in [-0.4, -0.2) is 36.0 Å². The lowest BCUT2D eigenvalue weighted by Crippen LogP contribution is -2.45. The summed E-state index contributed by atoms with van der Waals surface area (Å²) < 4.78 is 33.3. The average Bonchev–Trinajstić information content (AvgIpc) is 3.00. The van der Waals surface area contributed by atoms with Crippen LogP contribution in [0.4, 0.5) is 8.78 Å². The molecule has 4 rings (SSSR count). The molecule has 0 radical (unpaired) electrons. The molecule has 6 heteroatoms. The van der Waals surface area contributed by atoms with E-state index >= 15 is 0 Å². The molecule has 0 saturated carbocycles. The summed E-state index contributed by atoms with van der Waals surface area (Å²) in [4.78, 5) is 5.38. The number of rotatable bonds is 4. The molecule has 1 N–H and O–H groups in total. The molecule has 3 aromatic rings. The van der Waals surface area contributed by atoms with Crippen LogP contribution >= 0.6 is 15.9 Å². The van der Waals surface area contributed by atoms with Gasteiger partial charge in [-0.15, -0.1) is 0 Å². The normalized spacial score (nSPS) is 20.2. The van der Waals surface area contributed by atoms with Gasteiger partial charge in [0, 0.05) is 32.7 Å². The van der Waals surface area contributed by atoms with E-state index in [2.05, 4.69) is 27.0 Å². The fraction of sp³-hybridized carbons (Fsp3) is 0.333. The van der Waals surface area contributed by atoms with Crippen LogP contribution in [0.2, 0.25) is 0 Å². The maximum absolute atomic E-state index is 13.4. The van der Waals surface area contributed by atoms with Crippen molar-refractivity contribution in [3.8, 4) is 5.75 Å². The number of nitrogens with one attached hydrogen (secondary N) is 1. The minimum atomic E-state index is -2.40. The minimum absolute atomic E-state index is 0.0145. The van der Waals surface area contributed by atoms with Crippen molar-refractivity contribution in [1.29, 1.82) is 0 Å². The van der Waals surface area contributed by atoms with Gasteiger partial charge in [0.25, 0.3) is 6.43 Å². The zero-order valence-electron chi connectivity index (χ0n) is 15.2. The van der Waals surface area contributed by atoms with Crippen LogP contribution in [0.1, 0.15) is 29.8 Å². The quantitative estimate of drug-likeness (QED) is 0.583. The van der Waals surface area contributed by atoms with Gasteiger partial charge in [0.1, 0.15) is 5.75 Å². The second-order valence-corrected chi connectivity index (χ2v) is 7.91. The average molecular weight is 435 g/mol. The van der Waals surface area contributed by atoms with Gasteiger partial charge in [0.2, 0.25) is 0 Å². The third kappa shape index (κ3) is 3.25. The van der Waals surface area contributed by atoms with E-state index in [0.29, 0.717) is 5.75 Å². The number of nitrogens with zero attached hydrogens (tertiary/aromatic N) is 1. The number of para-hydroxylation sites is 1. The molecular formula is C21H21BrF2N2O. The summed E-state index contributed by atoms with van der Waals surface area (Å²) in [6, 6.07) is 13.5. The molecule has 0 amide bonds. The zero-order valence-corrected chi connectivity index (χ0v) is 16.8. The van der Waals surface area contributed by atoms with E-state index in [1.54, 1.807) is 7.11 Å². The molecule has 2 heterocycles. The van der Waals surface area contributed by atoms with Crippen LogP contribution in [0.25, 0.3) is 10.9 Å². The molecule has 0 spiro atoms. The van der Waals surface area contributed by atoms with E-state index in [-0.39, 0.29) is 18.6 Å². The van der Waals surface area contributed by atoms with E-state index in [9.17, 15) is 8.78 Å². The van der Waals surface area contributed by atoms with Crippen molar-refractivity contribution in [1.82, 2.24) is 9.88 Å². The van der Waals surface area contributed by atoms with Gasteiger partial charge in [0.15, 0.2) is 0 Å². The lowest BCUT2D eigenvalue weighted by atomic mass is 9.88. The predicted molar refractivity (Wildman–Crippen MR) is 107 cm³/mol. The summed E-state index contributed by atoms with van der Waals surface area (Å²) in [6.45, 7) is 1.74. The third-order valence-electron chi connectivity index (χ3n) is 5.35. The van der Waals surface area contributed by atoms with Crippen LogP contribution in [0, 0.1) is 0 Å². The SMILES string of the molecule is COc1ccc(Br)cc1[C@@H]1c2[nH]c3ccccc3c2C[C@@H](C)N1CC(F)F. The molecule has 2 atom stereocenters. The third-order valence-corrected chi connectivity index (χ3v) is 5.85. The first kappa shape index (κ1) is 18.4. The highest BCUT2D eigenvalue weighted by Gasteiger charge is 2.38. The molecule has 1 aliphatic heterocycles. The Balaban J connectivity index is 1.96. The molecule has 0 saturated heterocycles. The lowest BCUT2D eigenvalue weighted by molar-refractivity contribution is 0.0450. The number of hydrogen-bond donors (Lipinski definition) is 1. The molecule has 2 aromatic carbocycles. The summed E-state index contributed by atoms with van der Waals surface area (Å²) in [6.07, 6.45) is -1.67. The van der Waals surface area contributed by atoms with E-state index < -0.39 is 6.43 Å². The van der Waals surface area contributed by atoms with E-state index in [0.717, 1.165) is 33.1 Å². The number of benzene rings is 2. The van der Waals surface area contributed by atoms with Gasteiger partial charge in [-0.3, -0.25) is 4.90 Å². The monoisotopic (exact) mass is 434 g/mol. The molecule has 0 aliphatic carbocycles. The summed E-state index contributed by atoms with van der Waals surface area (Å²) in [5, 5.41) is 1.16. The van der Waals surface area contributed by atoms with Gasteiger partial charge >= 0.3 is 0 Å². The molecule has 142 valence electrons. The van der Waals surface area contributed by atoms with Crippen molar-refractivity contribution in [2.24, 2.45) is 0 Å². The van der Waals surface area contributed by atoms with Crippen molar-refractivity contribution in [3.05, 3.63) is 63.8 Å². The second kappa shape index (κ2) is 7.24. The van der Waals surface area contributed by atoms with E-state index in [4.69, 9.17) is 4.74 Å². The van der Waals surface area contributed by atoms with Crippen LogP contribution < -0.4 is 4.74 Å². The Labute approximate surface area is 165 Å². The number of aromatic amines is 1. The first-order valence-electron chi connectivity index (χ1n) is 8.96. The maximum atomic E-state index is 13.4. The number of fused-ring (bicyclic) bond motifs is 3. The van der Waals surface area contributed by atoms with Gasteiger partial charge in [0.05, 0.1) is 19.7 Å². The van der Waals surface area contributed by atoms with Gasteiger partial charge < -0.3 is 9.72 Å². The van der Waals surface area contributed by atoms with Crippen LogP contribution in [0.5, 0.6) is 5.75 Å². The Morgan fingerprint density at radius 3 is 2.78 bits per heavy atom. The molecule has 3 nitrogen and oxygen atoms in total. The summed E-state index contributed by atoms with van der Waals surface area (Å²) in [5.74, 6) is 0.696. The molecule has 1 aromatic heterocycles. The Morgan fingerprint density at radius 1 is 1.26 bits per heavy atom. The first-order valence-corrected chi connectivity index (χ1v) is 9.75. The number of H-pyrrole nitrogens is 1. The van der Waals surface area contributed by atoms with Crippen molar-refractivity contribution in [2.75, 3.05) is 13.7 Å². The number of halogens is 3. The topological polar surface area (TPSA) is 28.3 Å². The number of hydrogen-bond acceptors (Lipinski definition) is 2. The molecule has 0 bridgehead atoms. The van der Waals surface area contributed by atoms with Crippen molar-refractivity contribution in [2.45, 2.75) is 31.9 Å². The Morgan fingerprint density at radius 2 is 2.04 bits per heavy atom. The van der Waals surface area contributed by atoms with Crippen molar-refractivity contribution in [3.63, 3.8) is 0 Å². The fourth-order valence-corrected chi connectivity index (χ4v) is 4.58. The van der Waals surface area contributed by atoms with Crippen LogP contribution in [-0.2, 0) is 6.42 Å². The fourth-order valence-electron chi connectivity index (χ4n) is 4.20. The highest BCUT2D eigenvalue weighted by molar-refractivity contribution is 9.10. The summed E-state index contributed by atoms with van der Waals surface area (Å²) in [7, 11) is 1.61. The number of alkyl halides is 2. The predicted octanol–water partition coefficient (Wildman–Crippen LogP) is 5.54. The van der Waals surface area contributed by atoms with Crippen LogP contribution in [0.15, 0.2) is 46.9 Å². The number of ether oxygens (including phenoxy) is 1. The maximum Gasteiger partial charge on any atom is 0.251 e. The van der Waals surface area contributed by atoms with Crippen LogP contribution in [0.3, 0.4) is 0 Å². The molecule has 27 heavy (non-hydrogen) atoms. The van der Waals surface area contributed by atoms with Gasteiger partial charge in [-0.1, -0.05) is 34.1 Å². The first-order chi connectivity index (χ1) is 13.0. The zero-order chi connectivity index (χ0) is 19.1. The summed E-state index contributed by atoms with van der Waals surface area (Å²) in [5.41, 5.74) is 4.10. The second-order valence-electron chi connectivity index (χ2n) is 6.99. The van der Waals surface area contributed by atoms with Crippen molar-refractivity contribution >= 4 is 26.8 Å². The largest absolute Gasteiger partial charge is 0.496 e. The Hall–Kier alpha value is -1.92. The lowest BCUT2D eigenvalue weighted by Gasteiger charge is -2.41. The van der Waals surface area contributed by atoms with Crippen molar-refractivity contribution < 1.29 is 13.5 Å². The number of aromatic nitrogens is 1.